The van der Waals surface area contributed by atoms with Gasteiger partial charge in [0.1, 0.15) is 5.75 Å². The molecule has 88 valence electrons. The van der Waals surface area contributed by atoms with Crippen LogP contribution in [0.3, 0.4) is 0 Å². The highest BCUT2D eigenvalue weighted by Gasteiger charge is 2.31. The van der Waals surface area contributed by atoms with Crippen molar-refractivity contribution in [2.24, 2.45) is 0 Å². The molecule has 0 heterocycles. The zero-order valence-electron chi connectivity index (χ0n) is 9.65. The smallest absolute Gasteiger partial charge is 0.122 e. The van der Waals surface area contributed by atoms with Crippen molar-refractivity contribution in [2.45, 2.75) is 24.8 Å². The van der Waals surface area contributed by atoms with E-state index in [2.05, 4.69) is 17.4 Å². The Kier molecular flexibility index (Phi) is 3.80. The predicted octanol–water partition coefficient (Wildman–Crippen LogP) is 1.52. The van der Waals surface area contributed by atoms with E-state index in [1.807, 2.05) is 12.1 Å². The molecule has 1 aromatic rings. The summed E-state index contributed by atoms with van der Waals surface area (Å²) in [4.78, 5) is 0. The van der Waals surface area contributed by atoms with Crippen LogP contribution >= 0.6 is 0 Å². The highest BCUT2D eigenvalue weighted by atomic mass is 16.5. The second-order valence-corrected chi connectivity index (χ2v) is 4.28. The van der Waals surface area contributed by atoms with E-state index in [9.17, 15) is 0 Å². The van der Waals surface area contributed by atoms with Crippen molar-refractivity contribution in [3.8, 4) is 5.75 Å². The van der Waals surface area contributed by atoms with Crippen LogP contribution < -0.4 is 10.1 Å². The Morgan fingerprint density at radius 2 is 2.12 bits per heavy atom. The molecule has 3 heteroatoms. The van der Waals surface area contributed by atoms with Gasteiger partial charge in [-0.2, -0.15) is 0 Å². The third kappa shape index (κ3) is 2.36. The summed E-state index contributed by atoms with van der Waals surface area (Å²) in [6.07, 6.45) is 2.28. The average molecular weight is 221 g/mol. The van der Waals surface area contributed by atoms with Crippen molar-refractivity contribution in [1.29, 1.82) is 0 Å². The minimum absolute atomic E-state index is 0.218. The third-order valence-corrected chi connectivity index (χ3v) is 3.26. The zero-order valence-corrected chi connectivity index (χ0v) is 9.65. The first kappa shape index (κ1) is 11.4. The molecule has 0 spiro atoms. The Bertz CT molecular complexity index is 334. The lowest BCUT2D eigenvalue weighted by Crippen LogP contribution is -2.41. The van der Waals surface area contributed by atoms with E-state index in [1.165, 1.54) is 5.56 Å². The number of hydrogen-bond acceptors (Lipinski definition) is 3. The minimum Gasteiger partial charge on any atom is -0.496 e. The van der Waals surface area contributed by atoms with E-state index in [-0.39, 0.29) is 6.61 Å². The highest BCUT2D eigenvalue weighted by molar-refractivity contribution is 5.37. The number of hydrogen-bond donors (Lipinski definition) is 2. The van der Waals surface area contributed by atoms with Gasteiger partial charge in [0.05, 0.1) is 13.7 Å². The van der Waals surface area contributed by atoms with Crippen LogP contribution in [0.15, 0.2) is 24.3 Å². The topological polar surface area (TPSA) is 41.5 Å². The van der Waals surface area contributed by atoms with Crippen LogP contribution in [-0.4, -0.2) is 31.4 Å². The molecule has 0 aromatic heterocycles. The fourth-order valence-electron chi connectivity index (χ4n) is 2.31. The van der Waals surface area contributed by atoms with Crippen LogP contribution in [0.25, 0.3) is 0 Å². The maximum atomic E-state index is 8.72. The maximum absolute atomic E-state index is 8.72. The Labute approximate surface area is 96.4 Å². The highest BCUT2D eigenvalue weighted by Crippen LogP contribution is 2.40. The van der Waals surface area contributed by atoms with Gasteiger partial charge in [-0.25, -0.2) is 0 Å². The van der Waals surface area contributed by atoms with Gasteiger partial charge in [0, 0.05) is 12.6 Å². The predicted molar refractivity (Wildman–Crippen MR) is 63.8 cm³/mol. The van der Waals surface area contributed by atoms with Crippen LogP contribution in [0.5, 0.6) is 5.75 Å². The summed E-state index contributed by atoms with van der Waals surface area (Å²) < 4.78 is 5.36. The first-order chi connectivity index (χ1) is 7.85. The summed E-state index contributed by atoms with van der Waals surface area (Å²) in [5, 5.41) is 12.0. The molecule has 0 atom stereocenters. The molecule has 2 N–H and O–H groups in total. The van der Waals surface area contributed by atoms with Gasteiger partial charge >= 0.3 is 0 Å². The number of ether oxygens (including phenoxy) is 1. The molecule has 0 unspecified atom stereocenters. The van der Waals surface area contributed by atoms with Crippen molar-refractivity contribution < 1.29 is 9.84 Å². The number of para-hydroxylation sites is 1. The molecule has 1 aromatic carbocycles. The Balaban J connectivity index is 1.91. The van der Waals surface area contributed by atoms with E-state index in [1.54, 1.807) is 7.11 Å². The number of rotatable bonds is 5. The van der Waals surface area contributed by atoms with Gasteiger partial charge in [0.25, 0.3) is 0 Å². The summed E-state index contributed by atoms with van der Waals surface area (Å²) in [5.74, 6) is 1.60. The molecule has 0 radical (unpaired) electrons. The number of benzene rings is 1. The Morgan fingerprint density at radius 1 is 1.38 bits per heavy atom. The molecule has 0 aliphatic heterocycles. The van der Waals surface area contributed by atoms with E-state index in [0.717, 1.165) is 18.6 Å². The largest absolute Gasteiger partial charge is 0.496 e. The number of nitrogens with one attached hydrogen (secondary N) is 1. The number of aliphatic hydroxyl groups is 1. The maximum Gasteiger partial charge on any atom is 0.122 e. The van der Waals surface area contributed by atoms with Gasteiger partial charge in [-0.1, -0.05) is 18.2 Å². The van der Waals surface area contributed by atoms with Crippen molar-refractivity contribution in [3.63, 3.8) is 0 Å². The standard InChI is InChI=1S/C13H19NO2/c1-16-13-5-3-2-4-12(13)10-8-11(9-10)14-6-7-15/h2-5,10-11,14-15H,6-9H2,1H3. The molecule has 1 aliphatic rings. The lowest BCUT2D eigenvalue weighted by atomic mass is 9.75. The normalized spacial score (nSPS) is 23.9. The molecule has 0 bridgehead atoms. The fourth-order valence-corrected chi connectivity index (χ4v) is 2.31. The third-order valence-electron chi connectivity index (χ3n) is 3.26. The van der Waals surface area contributed by atoms with Crippen molar-refractivity contribution in [3.05, 3.63) is 29.8 Å². The molecule has 1 saturated carbocycles. The monoisotopic (exact) mass is 221 g/mol. The SMILES string of the molecule is COc1ccccc1C1CC(NCCO)C1. The van der Waals surface area contributed by atoms with Crippen LogP contribution in [-0.2, 0) is 0 Å². The summed E-state index contributed by atoms with van der Waals surface area (Å²) in [5.41, 5.74) is 1.31. The average Bonchev–Trinajstić information content (AvgIpc) is 2.28. The van der Waals surface area contributed by atoms with Crippen molar-refractivity contribution in [2.75, 3.05) is 20.3 Å². The molecule has 16 heavy (non-hydrogen) atoms. The number of aliphatic hydroxyl groups excluding tert-OH is 1. The van der Waals surface area contributed by atoms with Gasteiger partial charge in [0.2, 0.25) is 0 Å². The second kappa shape index (κ2) is 5.32. The van der Waals surface area contributed by atoms with Gasteiger partial charge < -0.3 is 15.2 Å². The fraction of sp³-hybridized carbons (Fsp3) is 0.538. The molecule has 2 rings (SSSR count). The van der Waals surface area contributed by atoms with E-state index in [0.29, 0.717) is 18.5 Å². The summed E-state index contributed by atoms with van der Waals surface area (Å²) in [6, 6.07) is 8.78. The molecular weight excluding hydrogens is 202 g/mol. The van der Waals surface area contributed by atoms with Crippen LogP contribution in [0, 0.1) is 0 Å². The molecular formula is C13H19NO2. The van der Waals surface area contributed by atoms with E-state index >= 15 is 0 Å². The van der Waals surface area contributed by atoms with Crippen molar-refractivity contribution >= 4 is 0 Å². The van der Waals surface area contributed by atoms with Gasteiger partial charge in [-0.3, -0.25) is 0 Å². The molecule has 0 amide bonds. The van der Waals surface area contributed by atoms with Gasteiger partial charge in [0.15, 0.2) is 0 Å². The summed E-state index contributed by atoms with van der Waals surface area (Å²) in [7, 11) is 1.72. The van der Waals surface area contributed by atoms with Crippen LogP contribution in [0.4, 0.5) is 0 Å². The van der Waals surface area contributed by atoms with Crippen molar-refractivity contribution in [1.82, 2.24) is 5.32 Å². The summed E-state index contributed by atoms with van der Waals surface area (Å²) >= 11 is 0. The Morgan fingerprint density at radius 3 is 2.81 bits per heavy atom. The first-order valence-electron chi connectivity index (χ1n) is 5.82. The molecule has 1 aliphatic carbocycles. The first-order valence-corrected chi connectivity index (χ1v) is 5.82. The van der Waals surface area contributed by atoms with Crippen LogP contribution in [0.1, 0.15) is 24.3 Å². The second-order valence-electron chi connectivity index (χ2n) is 4.28. The van der Waals surface area contributed by atoms with Gasteiger partial charge in [-0.05, 0) is 30.4 Å². The molecule has 1 fully saturated rings. The minimum atomic E-state index is 0.218. The Hall–Kier alpha value is -1.06. The van der Waals surface area contributed by atoms with E-state index in [4.69, 9.17) is 9.84 Å². The lowest BCUT2D eigenvalue weighted by molar-refractivity contribution is 0.241. The lowest BCUT2D eigenvalue weighted by Gasteiger charge is -2.36. The molecule has 3 nitrogen and oxygen atoms in total. The summed E-state index contributed by atoms with van der Waals surface area (Å²) in [6.45, 7) is 0.916. The number of methoxy groups -OCH3 is 1. The zero-order chi connectivity index (χ0) is 11.4. The van der Waals surface area contributed by atoms with E-state index < -0.39 is 0 Å². The quantitative estimate of drug-likeness (QED) is 0.792. The van der Waals surface area contributed by atoms with Crippen LogP contribution in [0.2, 0.25) is 0 Å². The van der Waals surface area contributed by atoms with Gasteiger partial charge in [-0.15, -0.1) is 0 Å². The molecule has 0 saturated heterocycles.